The van der Waals surface area contributed by atoms with E-state index in [1.807, 2.05) is 30.5 Å². The van der Waals surface area contributed by atoms with Gasteiger partial charge in [0.25, 0.3) is 0 Å². The molecule has 2 unspecified atom stereocenters. The van der Waals surface area contributed by atoms with Gasteiger partial charge in [-0.2, -0.15) is 0 Å². The van der Waals surface area contributed by atoms with E-state index in [0.29, 0.717) is 18.4 Å². The number of nitrogens with zero attached hydrogens (tertiary/aromatic N) is 4. The lowest BCUT2D eigenvalue weighted by Crippen LogP contribution is -2.39. The molecular formula is C21H25N5. The minimum atomic E-state index is 0.418. The molecule has 3 aromatic rings. The molecule has 0 saturated carbocycles. The van der Waals surface area contributed by atoms with Gasteiger partial charge in [0.15, 0.2) is 0 Å². The van der Waals surface area contributed by atoms with Crippen molar-refractivity contribution in [2.24, 2.45) is 17.6 Å². The quantitative estimate of drug-likeness (QED) is 0.783. The standard InChI is InChI=1S/C21H25N5/c1-14-8-15(2)13-26(12-14)21-5-3-4-18(25-21)19-7-6-16-11-23-17(10-22)9-20(16)24-19/h3-7,9,11,14-15H,8,10,12-13,22H2,1-2H3. The van der Waals surface area contributed by atoms with E-state index in [2.05, 4.69) is 35.9 Å². The van der Waals surface area contributed by atoms with Gasteiger partial charge in [-0.3, -0.25) is 4.98 Å². The number of fused-ring (bicyclic) bond motifs is 1. The number of nitrogens with two attached hydrogens (primary N) is 1. The highest BCUT2D eigenvalue weighted by Gasteiger charge is 2.23. The maximum Gasteiger partial charge on any atom is 0.129 e. The summed E-state index contributed by atoms with van der Waals surface area (Å²) in [6.07, 6.45) is 3.12. The van der Waals surface area contributed by atoms with Gasteiger partial charge >= 0.3 is 0 Å². The molecular weight excluding hydrogens is 322 g/mol. The van der Waals surface area contributed by atoms with Crippen molar-refractivity contribution in [3.8, 4) is 11.4 Å². The van der Waals surface area contributed by atoms with Crippen LogP contribution in [0, 0.1) is 11.8 Å². The molecule has 0 aromatic carbocycles. The Hall–Kier alpha value is -2.53. The van der Waals surface area contributed by atoms with E-state index in [-0.39, 0.29) is 0 Å². The lowest BCUT2D eigenvalue weighted by Gasteiger charge is -2.35. The van der Waals surface area contributed by atoms with E-state index < -0.39 is 0 Å². The summed E-state index contributed by atoms with van der Waals surface area (Å²) in [7, 11) is 0. The van der Waals surface area contributed by atoms with Gasteiger partial charge in [-0.05, 0) is 48.6 Å². The number of aromatic nitrogens is 3. The summed E-state index contributed by atoms with van der Waals surface area (Å²) >= 11 is 0. The molecule has 134 valence electrons. The average molecular weight is 347 g/mol. The lowest BCUT2D eigenvalue weighted by atomic mass is 9.92. The third-order valence-corrected chi connectivity index (χ3v) is 5.03. The topological polar surface area (TPSA) is 67.9 Å². The summed E-state index contributed by atoms with van der Waals surface area (Å²) in [5.74, 6) is 2.44. The molecule has 0 bridgehead atoms. The molecule has 26 heavy (non-hydrogen) atoms. The minimum Gasteiger partial charge on any atom is -0.356 e. The molecule has 5 heteroatoms. The Balaban J connectivity index is 1.68. The second-order valence-electron chi connectivity index (χ2n) is 7.50. The number of hydrogen-bond donors (Lipinski definition) is 1. The zero-order valence-electron chi connectivity index (χ0n) is 15.4. The van der Waals surface area contributed by atoms with Gasteiger partial charge < -0.3 is 10.6 Å². The number of piperidine rings is 1. The van der Waals surface area contributed by atoms with Crippen molar-refractivity contribution in [3.63, 3.8) is 0 Å². The predicted molar refractivity (Wildman–Crippen MR) is 106 cm³/mol. The first kappa shape index (κ1) is 16.9. The Labute approximate surface area is 154 Å². The van der Waals surface area contributed by atoms with Crippen LogP contribution in [-0.2, 0) is 6.54 Å². The SMILES string of the molecule is CC1CC(C)CN(c2cccc(-c3ccc4cnc(CN)cc4n3)n2)C1. The summed E-state index contributed by atoms with van der Waals surface area (Å²) in [6, 6.07) is 12.2. The average Bonchev–Trinajstić information content (AvgIpc) is 2.66. The van der Waals surface area contributed by atoms with Crippen LogP contribution >= 0.6 is 0 Å². The van der Waals surface area contributed by atoms with Gasteiger partial charge in [0, 0.05) is 31.2 Å². The summed E-state index contributed by atoms with van der Waals surface area (Å²) in [5.41, 5.74) is 9.25. The maximum absolute atomic E-state index is 5.71. The van der Waals surface area contributed by atoms with Crippen LogP contribution in [0.15, 0.2) is 42.6 Å². The zero-order chi connectivity index (χ0) is 18.1. The molecule has 3 aromatic heterocycles. The van der Waals surface area contributed by atoms with E-state index in [1.54, 1.807) is 0 Å². The summed E-state index contributed by atoms with van der Waals surface area (Å²) in [4.78, 5) is 16.4. The van der Waals surface area contributed by atoms with E-state index in [0.717, 1.165) is 46.9 Å². The van der Waals surface area contributed by atoms with E-state index in [4.69, 9.17) is 15.7 Å². The first-order valence-corrected chi connectivity index (χ1v) is 9.30. The van der Waals surface area contributed by atoms with E-state index in [1.165, 1.54) is 6.42 Å². The zero-order valence-corrected chi connectivity index (χ0v) is 15.4. The van der Waals surface area contributed by atoms with Crippen LogP contribution in [0.4, 0.5) is 5.82 Å². The van der Waals surface area contributed by atoms with Crippen molar-refractivity contribution in [1.82, 2.24) is 15.0 Å². The highest BCUT2D eigenvalue weighted by Crippen LogP contribution is 2.27. The molecule has 4 heterocycles. The predicted octanol–water partition coefficient (Wildman–Crippen LogP) is 3.63. The van der Waals surface area contributed by atoms with Crippen LogP contribution in [0.25, 0.3) is 22.3 Å². The monoisotopic (exact) mass is 347 g/mol. The third kappa shape index (κ3) is 3.40. The van der Waals surface area contributed by atoms with Gasteiger partial charge in [0.05, 0.1) is 22.6 Å². The molecule has 2 atom stereocenters. The second kappa shape index (κ2) is 7.00. The van der Waals surface area contributed by atoms with Gasteiger partial charge in [-0.15, -0.1) is 0 Å². The van der Waals surface area contributed by atoms with Crippen molar-refractivity contribution in [2.75, 3.05) is 18.0 Å². The Morgan fingerprint density at radius 1 is 1.04 bits per heavy atom. The van der Waals surface area contributed by atoms with Gasteiger partial charge in [-0.1, -0.05) is 19.9 Å². The molecule has 1 saturated heterocycles. The Kier molecular flexibility index (Phi) is 4.55. The largest absolute Gasteiger partial charge is 0.356 e. The van der Waals surface area contributed by atoms with Crippen LogP contribution < -0.4 is 10.6 Å². The molecule has 0 spiro atoms. The van der Waals surface area contributed by atoms with Crippen molar-refractivity contribution < 1.29 is 0 Å². The van der Waals surface area contributed by atoms with Gasteiger partial charge in [-0.25, -0.2) is 9.97 Å². The van der Waals surface area contributed by atoms with Crippen molar-refractivity contribution in [3.05, 3.63) is 48.3 Å². The lowest BCUT2D eigenvalue weighted by molar-refractivity contribution is 0.355. The van der Waals surface area contributed by atoms with Crippen molar-refractivity contribution in [1.29, 1.82) is 0 Å². The molecule has 0 aliphatic carbocycles. The molecule has 1 aliphatic rings. The fourth-order valence-electron chi connectivity index (χ4n) is 3.90. The van der Waals surface area contributed by atoms with Crippen molar-refractivity contribution in [2.45, 2.75) is 26.8 Å². The number of anilines is 1. The van der Waals surface area contributed by atoms with Crippen LogP contribution in [0.3, 0.4) is 0 Å². The first-order valence-electron chi connectivity index (χ1n) is 9.30. The smallest absolute Gasteiger partial charge is 0.129 e. The minimum absolute atomic E-state index is 0.418. The second-order valence-corrected chi connectivity index (χ2v) is 7.50. The van der Waals surface area contributed by atoms with Crippen LogP contribution in [0.2, 0.25) is 0 Å². The molecule has 0 radical (unpaired) electrons. The Morgan fingerprint density at radius 3 is 2.58 bits per heavy atom. The third-order valence-electron chi connectivity index (χ3n) is 5.03. The summed E-state index contributed by atoms with van der Waals surface area (Å²) in [6.45, 7) is 7.19. The molecule has 2 N–H and O–H groups in total. The number of pyridine rings is 3. The molecule has 1 fully saturated rings. The molecule has 1 aliphatic heterocycles. The highest BCUT2D eigenvalue weighted by atomic mass is 15.2. The molecule has 5 nitrogen and oxygen atoms in total. The van der Waals surface area contributed by atoms with Crippen molar-refractivity contribution >= 4 is 16.7 Å². The molecule has 4 rings (SSSR count). The Bertz CT molecular complexity index is 913. The maximum atomic E-state index is 5.71. The van der Waals surface area contributed by atoms with Crippen LogP contribution in [0.1, 0.15) is 26.0 Å². The van der Waals surface area contributed by atoms with E-state index >= 15 is 0 Å². The number of rotatable bonds is 3. The van der Waals surface area contributed by atoms with Gasteiger partial charge in [0.2, 0.25) is 0 Å². The summed E-state index contributed by atoms with van der Waals surface area (Å²) < 4.78 is 0. The van der Waals surface area contributed by atoms with E-state index in [9.17, 15) is 0 Å². The highest BCUT2D eigenvalue weighted by molar-refractivity contribution is 5.80. The summed E-state index contributed by atoms with van der Waals surface area (Å²) in [5, 5.41) is 1.01. The first-order chi connectivity index (χ1) is 12.6. The fourth-order valence-corrected chi connectivity index (χ4v) is 3.90. The number of hydrogen-bond acceptors (Lipinski definition) is 5. The van der Waals surface area contributed by atoms with Crippen LogP contribution in [-0.4, -0.2) is 28.0 Å². The Morgan fingerprint density at radius 2 is 1.81 bits per heavy atom. The molecule has 0 amide bonds. The van der Waals surface area contributed by atoms with Gasteiger partial charge in [0.1, 0.15) is 5.82 Å². The normalized spacial score (nSPS) is 20.5. The van der Waals surface area contributed by atoms with Crippen LogP contribution in [0.5, 0.6) is 0 Å². The fraction of sp³-hybridized carbons (Fsp3) is 0.381.